The average molecular weight is 284 g/mol. The Kier molecular flexibility index (Phi) is 4.82. The van der Waals surface area contributed by atoms with Crippen molar-refractivity contribution < 1.29 is 9.53 Å². The lowest BCUT2D eigenvalue weighted by Gasteiger charge is -2.18. The van der Waals surface area contributed by atoms with E-state index in [9.17, 15) is 4.79 Å². The highest BCUT2D eigenvalue weighted by atomic mass is 16.5. The summed E-state index contributed by atoms with van der Waals surface area (Å²) in [6.07, 6.45) is 0. The van der Waals surface area contributed by atoms with Crippen molar-refractivity contribution in [1.82, 2.24) is 5.32 Å². The molecule has 2 rings (SSSR count). The molecule has 0 heterocycles. The standard InChI is InChI=1S/C17H20N2O2/c1-12(15-9-4-5-10-16(15)21-3)19-14-8-6-7-13(11-14)17(20)18-2/h4-12,19H,1-3H3,(H,18,20). The predicted octanol–water partition coefficient (Wildman–Crippen LogP) is 3.23. The molecule has 1 atom stereocenters. The van der Waals surface area contributed by atoms with Crippen molar-refractivity contribution in [2.75, 3.05) is 19.5 Å². The summed E-state index contributed by atoms with van der Waals surface area (Å²) in [5, 5.41) is 6.02. The number of benzene rings is 2. The van der Waals surface area contributed by atoms with Gasteiger partial charge in [-0.05, 0) is 31.2 Å². The van der Waals surface area contributed by atoms with E-state index in [1.54, 1.807) is 20.2 Å². The Hall–Kier alpha value is -2.49. The van der Waals surface area contributed by atoms with Crippen LogP contribution in [0.4, 0.5) is 5.69 Å². The number of carbonyl (C=O) groups is 1. The van der Waals surface area contributed by atoms with Gasteiger partial charge in [-0.1, -0.05) is 24.3 Å². The minimum atomic E-state index is -0.0939. The highest BCUT2D eigenvalue weighted by molar-refractivity contribution is 5.94. The number of ether oxygens (including phenoxy) is 1. The Labute approximate surface area is 125 Å². The smallest absolute Gasteiger partial charge is 0.251 e. The van der Waals surface area contributed by atoms with Gasteiger partial charge in [0.05, 0.1) is 13.2 Å². The van der Waals surface area contributed by atoms with Crippen LogP contribution in [0.3, 0.4) is 0 Å². The number of amides is 1. The van der Waals surface area contributed by atoms with Crippen LogP contribution in [0.15, 0.2) is 48.5 Å². The summed E-state index contributed by atoms with van der Waals surface area (Å²) in [6.45, 7) is 2.06. The molecule has 0 aliphatic heterocycles. The lowest BCUT2D eigenvalue weighted by molar-refractivity contribution is 0.0963. The minimum absolute atomic E-state index is 0.0705. The zero-order valence-electron chi connectivity index (χ0n) is 12.5. The Morgan fingerprint density at radius 3 is 2.62 bits per heavy atom. The number of anilines is 1. The predicted molar refractivity (Wildman–Crippen MR) is 84.9 cm³/mol. The zero-order chi connectivity index (χ0) is 15.2. The SMILES string of the molecule is CNC(=O)c1cccc(NC(C)c2ccccc2OC)c1. The fourth-order valence-corrected chi connectivity index (χ4v) is 2.25. The van der Waals surface area contributed by atoms with Crippen LogP contribution in [0.1, 0.15) is 28.9 Å². The normalized spacial score (nSPS) is 11.6. The topological polar surface area (TPSA) is 50.4 Å². The number of carbonyl (C=O) groups excluding carboxylic acids is 1. The van der Waals surface area contributed by atoms with Gasteiger partial charge < -0.3 is 15.4 Å². The first kappa shape index (κ1) is 14.9. The van der Waals surface area contributed by atoms with Gasteiger partial charge in [0.1, 0.15) is 5.75 Å². The van der Waals surface area contributed by atoms with E-state index in [0.29, 0.717) is 5.56 Å². The van der Waals surface area contributed by atoms with Gasteiger partial charge in [-0.25, -0.2) is 0 Å². The fraction of sp³-hybridized carbons (Fsp3) is 0.235. The van der Waals surface area contributed by atoms with E-state index in [0.717, 1.165) is 17.0 Å². The number of hydrogen-bond donors (Lipinski definition) is 2. The number of nitrogens with one attached hydrogen (secondary N) is 2. The first-order chi connectivity index (χ1) is 10.2. The van der Waals surface area contributed by atoms with Gasteiger partial charge >= 0.3 is 0 Å². The number of para-hydroxylation sites is 1. The van der Waals surface area contributed by atoms with E-state index in [4.69, 9.17) is 4.74 Å². The van der Waals surface area contributed by atoms with Gasteiger partial charge in [-0.3, -0.25) is 4.79 Å². The van der Waals surface area contributed by atoms with Crippen LogP contribution in [-0.2, 0) is 0 Å². The van der Waals surface area contributed by atoms with Gasteiger partial charge in [0.25, 0.3) is 5.91 Å². The molecule has 0 aromatic heterocycles. The summed E-state index contributed by atoms with van der Waals surface area (Å²) < 4.78 is 5.38. The third-order valence-corrected chi connectivity index (χ3v) is 3.34. The summed E-state index contributed by atoms with van der Waals surface area (Å²) in [5.74, 6) is 0.753. The monoisotopic (exact) mass is 284 g/mol. The summed E-state index contributed by atoms with van der Waals surface area (Å²) in [6, 6.07) is 15.4. The van der Waals surface area contributed by atoms with E-state index >= 15 is 0 Å². The van der Waals surface area contributed by atoms with Crippen LogP contribution in [-0.4, -0.2) is 20.1 Å². The third-order valence-electron chi connectivity index (χ3n) is 3.34. The third kappa shape index (κ3) is 3.54. The van der Waals surface area contributed by atoms with Gasteiger partial charge in [0, 0.05) is 23.9 Å². The second-order valence-corrected chi connectivity index (χ2v) is 4.77. The van der Waals surface area contributed by atoms with Gasteiger partial charge in [0.15, 0.2) is 0 Å². The van der Waals surface area contributed by atoms with Crippen LogP contribution in [0, 0.1) is 0 Å². The molecular formula is C17H20N2O2. The van der Waals surface area contributed by atoms with Crippen molar-refractivity contribution >= 4 is 11.6 Å². The van der Waals surface area contributed by atoms with E-state index in [-0.39, 0.29) is 11.9 Å². The van der Waals surface area contributed by atoms with Crippen molar-refractivity contribution in [1.29, 1.82) is 0 Å². The molecule has 2 aromatic rings. The molecule has 0 spiro atoms. The Morgan fingerprint density at radius 2 is 1.90 bits per heavy atom. The molecule has 0 aliphatic carbocycles. The summed E-state index contributed by atoms with van der Waals surface area (Å²) in [4.78, 5) is 11.7. The minimum Gasteiger partial charge on any atom is -0.496 e. The highest BCUT2D eigenvalue weighted by Gasteiger charge is 2.11. The number of rotatable bonds is 5. The number of hydrogen-bond acceptors (Lipinski definition) is 3. The Balaban J connectivity index is 2.19. The second kappa shape index (κ2) is 6.79. The van der Waals surface area contributed by atoms with E-state index in [2.05, 4.69) is 17.6 Å². The molecule has 0 aliphatic rings. The average Bonchev–Trinajstić information content (AvgIpc) is 2.54. The molecule has 21 heavy (non-hydrogen) atoms. The van der Waals surface area contributed by atoms with Crippen molar-refractivity contribution in [3.8, 4) is 5.75 Å². The number of methoxy groups -OCH3 is 1. The molecule has 4 nitrogen and oxygen atoms in total. The summed E-state index contributed by atoms with van der Waals surface area (Å²) in [7, 11) is 3.29. The van der Waals surface area contributed by atoms with Crippen LogP contribution < -0.4 is 15.4 Å². The Bertz CT molecular complexity index is 626. The van der Waals surface area contributed by atoms with E-state index in [1.165, 1.54) is 0 Å². The maximum Gasteiger partial charge on any atom is 0.251 e. The molecule has 110 valence electrons. The first-order valence-electron chi connectivity index (χ1n) is 6.87. The molecule has 0 radical (unpaired) electrons. The molecule has 0 saturated carbocycles. The van der Waals surface area contributed by atoms with E-state index in [1.807, 2.05) is 42.5 Å². The van der Waals surface area contributed by atoms with Crippen LogP contribution in [0.5, 0.6) is 5.75 Å². The van der Waals surface area contributed by atoms with Gasteiger partial charge in [-0.15, -0.1) is 0 Å². The van der Waals surface area contributed by atoms with Crippen LogP contribution >= 0.6 is 0 Å². The molecular weight excluding hydrogens is 264 g/mol. The van der Waals surface area contributed by atoms with Crippen molar-refractivity contribution in [2.45, 2.75) is 13.0 Å². The summed E-state index contributed by atoms with van der Waals surface area (Å²) >= 11 is 0. The lowest BCUT2D eigenvalue weighted by Crippen LogP contribution is -2.18. The molecule has 4 heteroatoms. The molecule has 1 unspecified atom stereocenters. The van der Waals surface area contributed by atoms with Crippen molar-refractivity contribution in [3.63, 3.8) is 0 Å². The fourth-order valence-electron chi connectivity index (χ4n) is 2.25. The highest BCUT2D eigenvalue weighted by Crippen LogP contribution is 2.27. The molecule has 1 amide bonds. The van der Waals surface area contributed by atoms with Gasteiger partial charge in [0.2, 0.25) is 0 Å². The maximum atomic E-state index is 11.7. The first-order valence-corrected chi connectivity index (χ1v) is 6.87. The van der Waals surface area contributed by atoms with Crippen molar-refractivity contribution in [3.05, 3.63) is 59.7 Å². The van der Waals surface area contributed by atoms with Crippen LogP contribution in [0.2, 0.25) is 0 Å². The Morgan fingerprint density at radius 1 is 1.14 bits per heavy atom. The van der Waals surface area contributed by atoms with Crippen molar-refractivity contribution in [2.24, 2.45) is 0 Å². The largest absolute Gasteiger partial charge is 0.496 e. The molecule has 0 fully saturated rings. The van der Waals surface area contributed by atoms with Gasteiger partial charge in [-0.2, -0.15) is 0 Å². The molecule has 0 saturated heterocycles. The second-order valence-electron chi connectivity index (χ2n) is 4.77. The quantitative estimate of drug-likeness (QED) is 0.886. The molecule has 2 aromatic carbocycles. The summed E-state index contributed by atoms with van der Waals surface area (Å²) in [5.41, 5.74) is 2.61. The zero-order valence-corrected chi connectivity index (χ0v) is 12.5. The molecule has 0 bridgehead atoms. The molecule has 2 N–H and O–H groups in total. The van der Waals surface area contributed by atoms with E-state index < -0.39 is 0 Å². The maximum absolute atomic E-state index is 11.7. The lowest BCUT2D eigenvalue weighted by atomic mass is 10.1. The van der Waals surface area contributed by atoms with Crippen LogP contribution in [0.25, 0.3) is 0 Å².